The van der Waals surface area contributed by atoms with Crippen molar-refractivity contribution < 1.29 is 14.3 Å². The molecule has 0 spiro atoms. The largest absolute Gasteiger partial charge is 0.468 e. The number of carbonyl (C=O) groups excluding carboxylic acids is 2. The molecule has 1 aromatic carbocycles. The number of hydrogen-bond acceptors (Lipinski definition) is 5. The number of methoxy groups -OCH3 is 1. The standard InChI is InChI=1S/C13H12BrN3O3/c1-20-13(19)9(14)7-17-12(18)8-3-2-4-10-11(8)16-6-5-15-10/h2-6,9H,7H2,1H3,(H,17,18). The maximum absolute atomic E-state index is 12.1. The van der Waals surface area contributed by atoms with Gasteiger partial charge in [0, 0.05) is 18.9 Å². The molecule has 0 bridgehead atoms. The number of hydrogen-bond donors (Lipinski definition) is 1. The summed E-state index contributed by atoms with van der Waals surface area (Å²) in [5.74, 6) is -0.757. The Bertz CT molecular complexity index is 642. The van der Waals surface area contributed by atoms with Gasteiger partial charge in [-0.3, -0.25) is 19.6 Å². The summed E-state index contributed by atoms with van der Waals surface area (Å²) in [5, 5.41) is 2.65. The molecule has 0 saturated carbocycles. The van der Waals surface area contributed by atoms with E-state index in [0.29, 0.717) is 16.6 Å². The SMILES string of the molecule is COC(=O)C(Br)CNC(=O)c1cccc2nccnc12. The van der Waals surface area contributed by atoms with Crippen molar-refractivity contribution in [3.8, 4) is 0 Å². The average molecular weight is 338 g/mol. The van der Waals surface area contributed by atoms with Gasteiger partial charge in [-0.15, -0.1) is 0 Å². The molecule has 2 rings (SSSR count). The molecule has 1 aromatic heterocycles. The number of halogens is 1. The first kappa shape index (κ1) is 14.4. The summed E-state index contributed by atoms with van der Waals surface area (Å²) in [4.78, 5) is 31.1. The third-order valence-corrected chi connectivity index (χ3v) is 3.34. The monoisotopic (exact) mass is 337 g/mol. The highest BCUT2D eigenvalue weighted by Crippen LogP contribution is 2.13. The van der Waals surface area contributed by atoms with Crippen LogP contribution in [0.3, 0.4) is 0 Å². The zero-order valence-corrected chi connectivity index (χ0v) is 12.3. The van der Waals surface area contributed by atoms with Crippen LogP contribution in [-0.2, 0) is 9.53 Å². The molecule has 2 aromatic rings. The zero-order chi connectivity index (χ0) is 14.5. The van der Waals surface area contributed by atoms with Crippen LogP contribution < -0.4 is 5.32 Å². The number of carbonyl (C=O) groups is 2. The van der Waals surface area contributed by atoms with Crippen LogP contribution in [0, 0.1) is 0 Å². The van der Waals surface area contributed by atoms with Gasteiger partial charge in [0.15, 0.2) is 0 Å². The fourth-order valence-corrected chi connectivity index (χ4v) is 2.01. The highest BCUT2D eigenvalue weighted by atomic mass is 79.9. The van der Waals surface area contributed by atoms with E-state index in [2.05, 4.69) is 36.0 Å². The zero-order valence-electron chi connectivity index (χ0n) is 10.7. The number of esters is 1. The van der Waals surface area contributed by atoms with E-state index in [9.17, 15) is 9.59 Å². The number of nitrogens with zero attached hydrogens (tertiary/aromatic N) is 2. The molecule has 7 heteroatoms. The van der Waals surface area contributed by atoms with E-state index in [0.717, 1.165) is 0 Å². The molecule has 0 radical (unpaired) electrons. The average Bonchev–Trinajstić information content (AvgIpc) is 2.50. The van der Waals surface area contributed by atoms with Gasteiger partial charge in [0.25, 0.3) is 5.91 Å². The topological polar surface area (TPSA) is 81.2 Å². The summed E-state index contributed by atoms with van der Waals surface area (Å²) in [6, 6.07) is 5.17. The number of amides is 1. The van der Waals surface area contributed by atoms with Crippen LogP contribution in [0.25, 0.3) is 11.0 Å². The molecular weight excluding hydrogens is 326 g/mol. The first-order valence-electron chi connectivity index (χ1n) is 5.83. The van der Waals surface area contributed by atoms with Gasteiger partial charge in [0.1, 0.15) is 10.3 Å². The Labute approximate surface area is 123 Å². The number of aromatic nitrogens is 2. The summed E-state index contributed by atoms with van der Waals surface area (Å²) < 4.78 is 4.56. The van der Waals surface area contributed by atoms with Gasteiger partial charge in [-0.25, -0.2) is 0 Å². The van der Waals surface area contributed by atoms with Gasteiger partial charge in [-0.2, -0.15) is 0 Å². The summed E-state index contributed by atoms with van der Waals surface area (Å²) in [6.07, 6.45) is 3.09. The minimum Gasteiger partial charge on any atom is -0.468 e. The van der Waals surface area contributed by atoms with Crippen molar-refractivity contribution in [2.45, 2.75) is 4.83 Å². The number of benzene rings is 1. The van der Waals surface area contributed by atoms with Crippen molar-refractivity contribution in [1.82, 2.24) is 15.3 Å². The second kappa shape index (κ2) is 6.42. The second-order valence-corrected chi connectivity index (χ2v) is 5.04. The Morgan fingerprint density at radius 1 is 1.35 bits per heavy atom. The number of para-hydroxylation sites is 1. The summed E-state index contributed by atoms with van der Waals surface area (Å²) >= 11 is 3.14. The van der Waals surface area contributed by atoms with E-state index in [-0.39, 0.29) is 12.5 Å². The smallest absolute Gasteiger partial charge is 0.321 e. The number of nitrogens with one attached hydrogen (secondary N) is 1. The molecule has 0 aliphatic heterocycles. The Kier molecular flexibility index (Phi) is 4.62. The summed E-state index contributed by atoms with van der Waals surface area (Å²) in [7, 11) is 1.29. The van der Waals surface area contributed by atoms with Crippen molar-refractivity contribution in [2.24, 2.45) is 0 Å². The number of alkyl halides is 1. The normalized spacial score (nSPS) is 11.9. The number of ether oxygens (including phenoxy) is 1. The molecule has 20 heavy (non-hydrogen) atoms. The lowest BCUT2D eigenvalue weighted by molar-refractivity contribution is -0.139. The predicted octanol–water partition coefficient (Wildman–Crippen LogP) is 1.30. The fraction of sp³-hybridized carbons (Fsp3) is 0.231. The Balaban J connectivity index is 2.14. The third-order valence-electron chi connectivity index (χ3n) is 2.64. The molecule has 6 nitrogen and oxygen atoms in total. The maximum atomic E-state index is 12.1. The lowest BCUT2D eigenvalue weighted by atomic mass is 10.1. The molecule has 1 heterocycles. The molecular formula is C13H12BrN3O3. The minimum atomic E-state index is -0.586. The van der Waals surface area contributed by atoms with Crippen molar-refractivity contribution >= 4 is 38.8 Å². The quantitative estimate of drug-likeness (QED) is 0.671. The highest BCUT2D eigenvalue weighted by molar-refractivity contribution is 9.10. The number of fused-ring (bicyclic) bond motifs is 1. The third kappa shape index (κ3) is 3.11. The minimum absolute atomic E-state index is 0.127. The van der Waals surface area contributed by atoms with Crippen LogP contribution >= 0.6 is 15.9 Å². The summed E-state index contributed by atoms with van der Waals surface area (Å²) in [5.41, 5.74) is 1.58. The van der Waals surface area contributed by atoms with Gasteiger partial charge >= 0.3 is 5.97 Å². The van der Waals surface area contributed by atoms with E-state index in [1.54, 1.807) is 24.4 Å². The van der Waals surface area contributed by atoms with Crippen molar-refractivity contribution in [2.75, 3.05) is 13.7 Å². The van der Waals surface area contributed by atoms with Crippen LogP contribution in [0.4, 0.5) is 0 Å². The fourth-order valence-electron chi connectivity index (χ4n) is 1.66. The van der Waals surface area contributed by atoms with Crippen LogP contribution in [0.5, 0.6) is 0 Å². The van der Waals surface area contributed by atoms with Crippen LogP contribution in [0.15, 0.2) is 30.6 Å². The van der Waals surface area contributed by atoms with Crippen molar-refractivity contribution in [3.05, 3.63) is 36.2 Å². The van der Waals surface area contributed by atoms with Gasteiger partial charge in [0.05, 0.1) is 18.2 Å². The summed E-state index contributed by atoms with van der Waals surface area (Å²) in [6.45, 7) is 0.127. The van der Waals surface area contributed by atoms with Crippen molar-refractivity contribution in [1.29, 1.82) is 0 Å². The molecule has 1 unspecified atom stereocenters. The number of rotatable bonds is 4. The van der Waals surface area contributed by atoms with Crippen LogP contribution in [0.2, 0.25) is 0 Å². The van der Waals surface area contributed by atoms with E-state index >= 15 is 0 Å². The van der Waals surface area contributed by atoms with E-state index in [1.165, 1.54) is 13.3 Å². The maximum Gasteiger partial charge on any atom is 0.321 e. The highest BCUT2D eigenvalue weighted by Gasteiger charge is 2.17. The molecule has 0 aliphatic rings. The molecule has 1 N–H and O–H groups in total. The molecule has 1 atom stereocenters. The molecule has 0 aliphatic carbocycles. The Morgan fingerprint density at radius 3 is 2.85 bits per heavy atom. The van der Waals surface area contributed by atoms with E-state index < -0.39 is 10.8 Å². The van der Waals surface area contributed by atoms with Gasteiger partial charge in [0.2, 0.25) is 0 Å². The first-order chi connectivity index (χ1) is 9.63. The second-order valence-electron chi connectivity index (χ2n) is 3.93. The van der Waals surface area contributed by atoms with Gasteiger partial charge in [-0.1, -0.05) is 22.0 Å². The lowest BCUT2D eigenvalue weighted by Crippen LogP contribution is -2.34. The van der Waals surface area contributed by atoms with Gasteiger partial charge < -0.3 is 10.1 Å². The van der Waals surface area contributed by atoms with E-state index in [4.69, 9.17) is 0 Å². The molecule has 0 fully saturated rings. The Morgan fingerprint density at radius 2 is 2.10 bits per heavy atom. The van der Waals surface area contributed by atoms with Crippen molar-refractivity contribution in [3.63, 3.8) is 0 Å². The Hall–Kier alpha value is -2.02. The van der Waals surface area contributed by atoms with Crippen LogP contribution in [-0.4, -0.2) is 40.3 Å². The predicted molar refractivity (Wildman–Crippen MR) is 76.6 cm³/mol. The van der Waals surface area contributed by atoms with E-state index in [1.807, 2.05) is 0 Å². The van der Waals surface area contributed by atoms with Gasteiger partial charge in [-0.05, 0) is 12.1 Å². The molecule has 104 valence electrons. The van der Waals surface area contributed by atoms with Crippen LogP contribution in [0.1, 0.15) is 10.4 Å². The molecule has 0 saturated heterocycles. The first-order valence-corrected chi connectivity index (χ1v) is 6.75. The lowest BCUT2D eigenvalue weighted by Gasteiger charge is -2.10. The molecule has 1 amide bonds.